The molecule has 17 heavy (non-hydrogen) atoms. The van der Waals surface area contributed by atoms with Crippen LogP contribution >= 0.6 is 0 Å². The molecular weight excluding hydrogens is 210 g/mol. The number of hydrogen-bond donors (Lipinski definition) is 1. The Kier molecular flexibility index (Phi) is 13.6. The molecule has 1 amide bonds. The van der Waals surface area contributed by atoms with E-state index in [1.807, 2.05) is 46.8 Å². The second kappa shape index (κ2) is 12.8. The van der Waals surface area contributed by atoms with Gasteiger partial charge in [-0.2, -0.15) is 0 Å². The van der Waals surface area contributed by atoms with E-state index in [4.69, 9.17) is 0 Å². The molecule has 0 saturated heterocycles. The Morgan fingerprint density at radius 3 is 2.12 bits per heavy atom. The summed E-state index contributed by atoms with van der Waals surface area (Å²) in [6.45, 7) is 13.5. The van der Waals surface area contributed by atoms with Crippen LogP contribution in [-0.4, -0.2) is 5.91 Å². The van der Waals surface area contributed by atoms with E-state index in [9.17, 15) is 4.79 Å². The number of amides is 1. The SMILES string of the molecule is C=C/C=C(\C=C/C)NC(=O)C1CC1.CC.CC. The molecule has 2 nitrogen and oxygen atoms in total. The smallest absolute Gasteiger partial charge is 0.227 e. The maximum Gasteiger partial charge on any atom is 0.227 e. The molecule has 98 valence electrons. The third-order valence-electron chi connectivity index (χ3n) is 1.86. The van der Waals surface area contributed by atoms with Gasteiger partial charge in [-0.25, -0.2) is 0 Å². The van der Waals surface area contributed by atoms with Crippen molar-refractivity contribution in [3.8, 4) is 0 Å². The van der Waals surface area contributed by atoms with Crippen LogP contribution in [0, 0.1) is 5.92 Å². The van der Waals surface area contributed by atoms with Gasteiger partial charge in [0.25, 0.3) is 0 Å². The highest BCUT2D eigenvalue weighted by molar-refractivity contribution is 5.82. The first-order valence-corrected chi connectivity index (χ1v) is 6.54. The van der Waals surface area contributed by atoms with Crippen LogP contribution in [-0.2, 0) is 4.79 Å². The average Bonchev–Trinajstić information content (AvgIpc) is 3.19. The van der Waals surface area contributed by atoms with Crippen molar-refractivity contribution in [3.63, 3.8) is 0 Å². The summed E-state index contributed by atoms with van der Waals surface area (Å²) in [5.74, 6) is 0.379. The third-order valence-corrected chi connectivity index (χ3v) is 1.86. The molecule has 1 N–H and O–H groups in total. The number of nitrogens with one attached hydrogen (secondary N) is 1. The van der Waals surface area contributed by atoms with E-state index in [1.54, 1.807) is 12.2 Å². The van der Waals surface area contributed by atoms with Gasteiger partial charge in [0.05, 0.1) is 0 Å². The third kappa shape index (κ3) is 9.61. The zero-order valence-electron chi connectivity index (χ0n) is 11.9. The molecule has 0 radical (unpaired) electrons. The first kappa shape index (κ1) is 18.1. The number of carbonyl (C=O) groups is 1. The molecule has 0 aliphatic heterocycles. The summed E-state index contributed by atoms with van der Waals surface area (Å²) >= 11 is 0. The van der Waals surface area contributed by atoms with Crippen molar-refractivity contribution in [1.82, 2.24) is 5.32 Å². The van der Waals surface area contributed by atoms with Crippen molar-refractivity contribution < 1.29 is 4.79 Å². The summed E-state index contributed by atoms with van der Waals surface area (Å²) in [7, 11) is 0. The summed E-state index contributed by atoms with van der Waals surface area (Å²) in [5.41, 5.74) is 0.814. The van der Waals surface area contributed by atoms with Gasteiger partial charge in [0.1, 0.15) is 0 Å². The van der Waals surface area contributed by atoms with Crippen molar-refractivity contribution in [2.75, 3.05) is 0 Å². The highest BCUT2D eigenvalue weighted by Gasteiger charge is 2.29. The molecule has 1 aliphatic rings. The van der Waals surface area contributed by atoms with Gasteiger partial charge in [0.2, 0.25) is 5.91 Å². The van der Waals surface area contributed by atoms with Crippen LogP contribution in [0.5, 0.6) is 0 Å². The Morgan fingerprint density at radius 2 is 1.76 bits per heavy atom. The maximum atomic E-state index is 11.3. The molecule has 0 spiro atoms. The molecular formula is C15H27NO. The fraction of sp³-hybridized carbons (Fsp3) is 0.533. The van der Waals surface area contributed by atoms with E-state index in [2.05, 4.69) is 11.9 Å². The van der Waals surface area contributed by atoms with E-state index < -0.39 is 0 Å². The Bertz CT molecular complexity index is 260. The Labute approximate surface area is 106 Å². The van der Waals surface area contributed by atoms with Gasteiger partial charge in [-0.3, -0.25) is 4.79 Å². The summed E-state index contributed by atoms with van der Waals surface area (Å²) in [5, 5.41) is 2.84. The van der Waals surface area contributed by atoms with Crippen LogP contribution in [0.2, 0.25) is 0 Å². The van der Waals surface area contributed by atoms with Gasteiger partial charge in [-0.05, 0) is 31.9 Å². The molecule has 1 rings (SSSR count). The Hall–Kier alpha value is -1.31. The lowest BCUT2D eigenvalue weighted by Gasteiger charge is -2.03. The Balaban J connectivity index is 0. The molecule has 1 fully saturated rings. The molecule has 0 aromatic carbocycles. The van der Waals surface area contributed by atoms with Crippen LogP contribution < -0.4 is 5.32 Å². The minimum atomic E-state index is 0.131. The van der Waals surface area contributed by atoms with Gasteiger partial charge < -0.3 is 5.32 Å². The summed E-state index contributed by atoms with van der Waals surface area (Å²) < 4.78 is 0. The maximum absolute atomic E-state index is 11.3. The van der Waals surface area contributed by atoms with Crippen molar-refractivity contribution in [2.45, 2.75) is 47.5 Å². The average molecular weight is 237 g/mol. The lowest BCUT2D eigenvalue weighted by molar-refractivity contribution is -0.121. The molecule has 1 saturated carbocycles. The minimum absolute atomic E-state index is 0.131. The van der Waals surface area contributed by atoms with Crippen LogP contribution in [0.25, 0.3) is 0 Å². The Morgan fingerprint density at radius 1 is 1.24 bits per heavy atom. The number of allylic oxidation sites excluding steroid dienone is 4. The quantitative estimate of drug-likeness (QED) is 0.729. The first-order valence-electron chi connectivity index (χ1n) is 6.54. The van der Waals surface area contributed by atoms with Gasteiger partial charge in [0.15, 0.2) is 0 Å². The standard InChI is InChI=1S/C11H15NO.2C2H6/c1-3-5-10(6-4-2)12-11(13)9-7-8-9;2*1-2/h3-6,9H,1,7-8H2,2H3,(H,12,13);2*1-2H3/b6-4-,10-5+;;. The second-order valence-electron chi connectivity index (χ2n) is 3.12. The van der Waals surface area contributed by atoms with Crippen LogP contribution in [0.1, 0.15) is 47.5 Å². The fourth-order valence-corrected chi connectivity index (χ4v) is 1.04. The summed E-state index contributed by atoms with van der Waals surface area (Å²) in [6, 6.07) is 0. The summed E-state index contributed by atoms with van der Waals surface area (Å²) in [6.07, 6.45) is 9.28. The highest BCUT2D eigenvalue weighted by atomic mass is 16.2. The molecule has 0 atom stereocenters. The lowest BCUT2D eigenvalue weighted by atomic mass is 10.3. The topological polar surface area (TPSA) is 29.1 Å². The van der Waals surface area contributed by atoms with Gasteiger partial charge in [-0.15, -0.1) is 0 Å². The molecule has 0 aromatic rings. The van der Waals surface area contributed by atoms with E-state index in [-0.39, 0.29) is 11.8 Å². The van der Waals surface area contributed by atoms with E-state index in [0.29, 0.717) is 0 Å². The lowest BCUT2D eigenvalue weighted by Crippen LogP contribution is -2.23. The van der Waals surface area contributed by atoms with E-state index in [0.717, 1.165) is 18.5 Å². The van der Waals surface area contributed by atoms with E-state index >= 15 is 0 Å². The van der Waals surface area contributed by atoms with Gasteiger partial charge in [-0.1, -0.05) is 46.4 Å². The zero-order chi connectivity index (χ0) is 13.7. The van der Waals surface area contributed by atoms with Crippen molar-refractivity contribution in [3.05, 3.63) is 36.6 Å². The molecule has 0 aromatic heterocycles. The number of carbonyl (C=O) groups excluding carboxylic acids is 1. The molecule has 0 bridgehead atoms. The van der Waals surface area contributed by atoms with Crippen LogP contribution in [0.4, 0.5) is 0 Å². The molecule has 2 heteroatoms. The monoisotopic (exact) mass is 237 g/mol. The van der Waals surface area contributed by atoms with Gasteiger partial charge in [0, 0.05) is 11.6 Å². The molecule has 0 heterocycles. The predicted molar refractivity (Wildman–Crippen MR) is 76.7 cm³/mol. The largest absolute Gasteiger partial charge is 0.326 e. The first-order chi connectivity index (χ1) is 8.27. The molecule has 0 unspecified atom stereocenters. The van der Waals surface area contributed by atoms with Gasteiger partial charge >= 0.3 is 0 Å². The second-order valence-corrected chi connectivity index (χ2v) is 3.12. The number of rotatable bonds is 4. The fourth-order valence-electron chi connectivity index (χ4n) is 1.04. The summed E-state index contributed by atoms with van der Waals surface area (Å²) in [4.78, 5) is 11.3. The number of hydrogen-bond acceptors (Lipinski definition) is 1. The minimum Gasteiger partial charge on any atom is -0.326 e. The normalized spacial score (nSPS) is 14.1. The predicted octanol–water partition coefficient (Wildman–Crippen LogP) is 4.21. The van der Waals surface area contributed by atoms with Crippen molar-refractivity contribution >= 4 is 5.91 Å². The van der Waals surface area contributed by atoms with Crippen LogP contribution in [0.15, 0.2) is 36.6 Å². The molecule has 1 aliphatic carbocycles. The van der Waals surface area contributed by atoms with Crippen molar-refractivity contribution in [1.29, 1.82) is 0 Å². The van der Waals surface area contributed by atoms with E-state index in [1.165, 1.54) is 0 Å². The van der Waals surface area contributed by atoms with Crippen LogP contribution in [0.3, 0.4) is 0 Å². The van der Waals surface area contributed by atoms with Crippen molar-refractivity contribution in [2.24, 2.45) is 5.92 Å². The highest BCUT2D eigenvalue weighted by Crippen LogP contribution is 2.29. The zero-order valence-corrected chi connectivity index (χ0v) is 11.9.